The summed E-state index contributed by atoms with van der Waals surface area (Å²) in [5.41, 5.74) is 2.55. The molecule has 1 unspecified atom stereocenters. The number of hydrogen-bond donors (Lipinski definition) is 0. The highest BCUT2D eigenvalue weighted by molar-refractivity contribution is 7.99. The van der Waals surface area contributed by atoms with Gasteiger partial charge in [-0.15, -0.1) is 0 Å². The van der Waals surface area contributed by atoms with Gasteiger partial charge in [-0.05, 0) is 25.8 Å². The molecule has 2 aromatic rings. The van der Waals surface area contributed by atoms with Gasteiger partial charge in [-0.3, -0.25) is 4.68 Å². The fraction of sp³-hybridized carbons (Fsp3) is 0.471. The van der Waals surface area contributed by atoms with Crippen LogP contribution in [0.1, 0.15) is 28.6 Å². The van der Waals surface area contributed by atoms with Crippen LogP contribution in [0.3, 0.4) is 0 Å². The van der Waals surface area contributed by atoms with E-state index in [9.17, 15) is 8.42 Å². The van der Waals surface area contributed by atoms with Gasteiger partial charge in [-0.25, -0.2) is 8.42 Å². The maximum atomic E-state index is 13.1. The Kier molecular flexibility index (Phi) is 5.03. The number of thioether (sulfide) groups is 1. The molecule has 24 heavy (non-hydrogen) atoms. The van der Waals surface area contributed by atoms with Crippen molar-refractivity contribution in [2.75, 3.05) is 18.8 Å². The van der Waals surface area contributed by atoms with Gasteiger partial charge in [0.05, 0.1) is 11.4 Å². The van der Waals surface area contributed by atoms with E-state index in [1.54, 1.807) is 23.0 Å². The van der Waals surface area contributed by atoms with Crippen molar-refractivity contribution >= 4 is 21.8 Å². The second kappa shape index (κ2) is 6.90. The molecule has 1 aromatic carbocycles. The van der Waals surface area contributed by atoms with Crippen molar-refractivity contribution in [3.8, 4) is 0 Å². The van der Waals surface area contributed by atoms with Crippen LogP contribution in [0.25, 0.3) is 0 Å². The zero-order valence-corrected chi connectivity index (χ0v) is 15.9. The highest BCUT2D eigenvalue weighted by Crippen LogP contribution is 2.36. The van der Waals surface area contributed by atoms with Gasteiger partial charge in [0.1, 0.15) is 4.90 Å². The lowest BCUT2D eigenvalue weighted by molar-refractivity contribution is 0.427. The largest absolute Gasteiger partial charge is 0.271 e. The Morgan fingerprint density at radius 2 is 1.88 bits per heavy atom. The van der Waals surface area contributed by atoms with Crippen LogP contribution in [0, 0.1) is 13.8 Å². The molecule has 130 valence electrons. The summed E-state index contributed by atoms with van der Waals surface area (Å²) < 4.78 is 29.5. The van der Waals surface area contributed by atoms with Crippen LogP contribution in [-0.4, -0.2) is 41.3 Å². The van der Waals surface area contributed by atoms with E-state index in [1.807, 2.05) is 36.9 Å². The molecule has 1 aliphatic rings. The molecule has 0 radical (unpaired) electrons. The van der Waals surface area contributed by atoms with Gasteiger partial charge in [0.2, 0.25) is 10.0 Å². The molecule has 0 amide bonds. The third kappa shape index (κ3) is 3.25. The minimum Gasteiger partial charge on any atom is -0.271 e. The zero-order chi connectivity index (χ0) is 17.3. The van der Waals surface area contributed by atoms with Crippen molar-refractivity contribution in [1.82, 2.24) is 14.1 Å². The topological polar surface area (TPSA) is 55.2 Å². The third-order valence-corrected chi connectivity index (χ3v) is 7.99. The zero-order valence-electron chi connectivity index (χ0n) is 14.3. The number of aromatic nitrogens is 2. The molecule has 0 spiro atoms. The van der Waals surface area contributed by atoms with Crippen molar-refractivity contribution < 1.29 is 8.42 Å². The van der Waals surface area contributed by atoms with Gasteiger partial charge in [-0.1, -0.05) is 30.3 Å². The number of rotatable bonds is 3. The predicted molar refractivity (Wildman–Crippen MR) is 97.7 cm³/mol. The average molecular weight is 366 g/mol. The number of aryl methyl sites for hydroxylation is 2. The molecule has 1 aliphatic heterocycles. The molecule has 7 heteroatoms. The SMILES string of the molecule is Cc1nn(C)c(C)c1S(=O)(=O)N1CCSC(c2ccccc2)CC1. The molecule has 0 saturated carbocycles. The van der Waals surface area contributed by atoms with Crippen molar-refractivity contribution in [1.29, 1.82) is 0 Å². The summed E-state index contributed by atoms with van der Waals surface area (Å²) in [6.07, 6.45) is 0.826. The molecular weight excluding hydrogens is 342 g/mol. The van der Waals surface area contributed by atoms with E-state index in [1.165, 1.54) is 5.56 Å². The first-order chi connectivity index (χ1) is 11.4. The Labute approximate surface area is 148 Å². The quantitative estimate of drug-likeness (QED) is 0.839. The van der Waals surface area contributed by atoms with Crippen LogP contribution < -0.4 is 0 Å². The van der Waals surface area contributed by atoms with E-state index < -0.39 is 10.0 Å². The van der Waals surface area contributed by atoms with Gasteiger partial charge >= 0.3 is 0 Å². The Morgan fingerprint density at radius 3 is 2.50 bits per heavy atom. The van der Waals surface area contributed by atoms with Gasteiger partial charge in [0.25, 0.3) is 0 Å². The van der Waals surface area contributed by atoms with Gasteiger partial charge in [-0.2, -0.15) is 21.2 Å². The second-order valence-electron chi connectivity index (χ2n) is 6.09. The Balaban J connectivity index is 1.83. The number of benzene rings is 1. The van der Waals surface area contributed by atoms with Gasteiger partial charge in [0, 0.05) is 31.1 Å². The van der Waals surface area contributed by atoms with Crippen LogP contribution in [-0.2, 0) is 17.1 Å². The molecule has 0 aliphatic carbocycles. The van der Waals surface area contributed by atoms with Crippen LogP contribution in [0.2, 0.25) is 0 Å². The monoisotopic (exact) mass is 365 g/mol. The molecule has 1 fully saturated rings. The molecule has 0 N–H and O–H groups in total. The fourth-order valence-corrected chi connectivity index (χ4v) is 6.38. The summed E-state index contributed by atoms with van der Waals surface area (Å²) in [6.45, 7) is 4.66. The highest BCUT2D eigenvalue weighted by atomic mass is 32.2. The van der Waals surface area contributed by atoms with Crippen LogP contribution >= 0.6 is 11.8 Å². The van der Waals surface area contributed by atoms with Crippen molar-refractivity contribution in [3.63, 3.8) is 0 Å². The lowest BCUT2D eigenvalue weighted by Crippen LogP contribution is -2.33. The molecule has 2 heterocycles. The standard InChI is InChI=1S/C17H23N3O2S2/c1-13-17(14(2)19(3)18-13)24(21,22)20-10-9-16(23-12-11-20)15-7-5-4-6-8-15/h4-8,16H,9-12H2,1-3H3. The summed E-state index contributed by atoms with van der Waals surface area (Å²) in [5, 5.41) is 4.61. The lowest BCUT2D eigenvalue weighted by Gasteiger charge is -2.20. The first kappa shape index (κ1) is 17.5. The molecule has 3 rings (SSSR count). The number of sulfonamides is 1. The molecule has 1 aromatic heterocycles. The van der Waals surface area contributed by atoms with Gasteiger partial charge in [0.15, 0.2) is 0 Å². The molecule has 1 saturated heterocycles. The van der Waals surface area contributed by atoms with E-state index in [-0.39, 0.29) is 0 Å². The van der Waals surface area contributed by atoms with E-state index in [0.29, 0.717) is 34.6 Å². The summed E-state index contributed by atoms with van der Waals surface area (Å²) in [5.74, 6) is 0.803. The minimum atomic E-state index is -3.49. The Morgan fingerprint density at radius 1 is 1.17 bits per heavy atom. The number of nitrogens with zero attached hydrogens (tertiary/aromatic N) is 3. The molecule has 1 atom stereocenters. The fourth-order valence-electron chi connectivity index (χ4n) is 3.18. The predicted octanol–water partition coefficient (Wildman–Crippen LogP) is 2.91. The highest BCUT2D eigenvalue weighted by Gasteiger charge is 2.32. The summed E-state index contributed by atoms with van der Waals surface area (Å²) in [4.78, 5) is 0.369. The van der Waals surface area contributed by atoms with Gasteiger partial charge < -0.3 is 0 Å². The van der Waals surface area contributed by atoms with Crippen molar-refractivity contribution in [2.45, 2.75) is 30.4 Å². The lowest BCUT2D eigenvalue weighted by atomic mass is 10.1. The Bertz CT molecular complexity index is 816. The summed E-state index contributed by atoms with van der Waals surface area (Å²) in [7, 11) is -1.71. The average Bonchev–Trinajstić information content (AvgIpc) is 2.74. The number of hydrogen-bond acceptors (Lipinski definition) is 4. The smallest absolute Gasteiger partial charge is 0.246 e. The van der Waals surface area contributed by atoms with Crippen LogP contribution in [0.4, 0.5) is 0 Å². The summed E-state index contributed by atoms with van der Waals surface area (Å²) in [6, 6.07) is 10.3. The van der Waals surface area contributed by atoms with Crippen molar-refractivity contribution in [3.05, 3.63) is 47.3 Å². The maximum Gasteiger partial charge on any atom is 0.246 e. The Hall–Kier alpha value is -1.31. The maximum absolute atomic E-state index is 13.1. The normalized spacial score (nSPS) is 20.0. The van der Waals surface area contributed by atoms with E-state index in [2.05, 4.69) is 17.2 Å². The third-order valence-electron chi connectivity index (χ3n) is 4.51. The molecule has 5 nitrogen and oxygen atoms in total. The van der Waals surface area contributed by atoms with Crippen LogP contribution in [0.5, 0.6) is 0 Å². The first-order valence-electron chi connectivity index (χ1n) is 8.08. The molecule has 0 bridgehead atoms. The minimum absolute atomic E-state index is 0.350. The van der Waals surface area contributed by atoms with Crippen LogP contribution in [0.15, 0.2) is 35.2 Å². The van der Waals surface area contributed by atoms with Crippen molar-refractivity contribution in [2.24, 2.45) is 7.05 Å². The molecular formula is C17H23N3O2S2. The van der Waals surface area contributed by atoms with E-state index in [0.717, 1.165) is 12.2 Å². The summed E-state index contributed by atoms with van der Waals surface area (Å²) >= 11 is 1.84. The second-order valence-corrected chi connectivity index (χ2v) is 9.27. The van der Waals surface area contributed by atoms with E-state index >= 15 is 0 Å². The van der Waals surface area contributed by atoms with E-state index in [4.69, 9.17) is 0 Å². The first-order valence-corrected chi connectivity index (χ1v) is 10.6.